The smallest absolute Gasteiger partial charge is 0.186 e. The van der Waals surface area contributed by atoms with Crippen molar-refractivity contribution in [3.8, 4) is 0 Å². The number of halogens is 1. The van der Waals surface area contributed by atoms with Gasteiger partial charge in [0.2, 0.25) is 0 Å². The molecule has 0 amide bonds. The molecule has 1 saturated heterocycles. The Morgan fingerprint density at radius 3 is 1.54 bits per heavy atom. The Hall–Kier alpha value is -2.25. The molecule has 0 N–H and O–H groups in total. The van der Waals surface area contributed by atoms with Gasteiger partial charge in [0.05, 0.1) is 25.9 Å². The number of alkyl halides is 1. The number of hydrogen-bond acceptors (Lipinski definition) is 5. The van der Waals surface area contributed by atoms with Crippen LogP contribution in [-0.4, -0.2) is 43.2 Å². The van der Waals surface area contributed by atoms with E-state index >= 15 is 0 Å². The Labute approximate surface area is 238 Å². The maximum Gasteiger partial charge on any atom is 0.186 e. The van der Waals surface area contributed by atoms with Gasteiger partial charge in [0, 0.05) is 12.5 Å². The van der Waals surface area contributed by atoms with E-state index in [0.717, 1.165) is 42.4 Å². The molecule has 1 aliphatic rings. The van der Waals surface area contributed by atoms with Crippen LogP contribution in [-0.2, 0) is 43.5 Å². The van der Waals surface area contributed by atoms with Crippen LogP contribution in [0.3, 0.4) is 0 Å². The van der Waals surface area contributed by atoms with Crippen molar-refractivity contribution in [2.24, 2.45) is 0 Å². The van der Waals surface area contributed by atoms with Crippen molar-refractivity contribution < 1.29 is 23.7 Å². The van der Waals surface area contributed by atoms with Gasteiger partial charge in [0.1, 0.15) is 18.3 Å². The maximum absolute atomic E-state index is 6.61. The molecule has 1 aliphatic heterocycles. The van der Waals surface area contributed by atoms with Crippen LogP contribution in [0.2, 0.25) is 0 Å². The third-order valence-corrected chi connectivity index (χ3v) is 7.16. The fourth-order valence-electron chi connectivity index (χ4n) is 4.75. The molecular formula is C33H41ClO5. The van der Waals surface area contributed by atoms with Gasteiger partial charge in [-0.1, -0.05) is 104 Å². The molecule has 0 unspecified atom stereocenters. The molecule has 1 heterocycles. The molecule has 3 aromatic rings. The second-order valence-corrected chi connectivity index (χ2v) is 10.3. The number of unbranched alkanes of at least 4 members (excludes halogenated alkanes) is 3. The summed E-state index contributed by atoms with van der Waals surface area (Å²) in [4.78, 5) is 0. The second kappa shape index (κ2) is 16.8. The van der Waals surface area contributed by atoms with E-state index in [-0.39, 0.29) is 18.3 Å². The molecule has 210 valence electrons. The molecule has 0 saturated carbocycles. The summed E-state index contributed by atoms with van der Waals surface area (Å²) in [5.41, 5.74) is 3.28. The highest BCUT2D eigenvalue weighted by atomic mass is 35.5. The molecule has 0 radical (unpaired) electrons. The Morgan fingerprint density at radius 2 is 1.03 bits per heavy atom. The zero-order valence-corrected chi connectivity index (χ0v) is 23.6. The van der Waals surface area contributed by atoms with E-state index in [1.807, 2.05) is 61.5 Å². The van der Waals surface area contributed by atoms with Crippen LogP contribution in [0.4, 0.5) is 0 Å². The summed E-state index contributed by atoms with van der Waals surface area (Å²) in [6, 6.07) is 30.5. The lowest BCUT2D eigenvalue weighted by Crippen LogP contribution is -2.60. The standard InChI is InChI=1S/C33H41ClO5/c1-26-30(36-23-27-15-7-4-8-16-27)31(37-24-28-17-9-5-10-18-28)32(38-25-29-19-11-6-12-20-29)33(39-26)35-22-14-3-2-13-21-34/h4-12,15-20,26,30-33H,2-3,13-14,21-25H2,1H3/t26-,30+,31+,32-,33-/m0/s1. The van der Waals surface area contributed by atoms with Crippen LogP contribution in [0.25, 0.3) is 0 Å². The van der Waals surface area contributed by atoms with Crippen molar-refractivity contribution in [2.45, 2.75) is 83.1 Å². The van der Waals surface area contributed by atoms with Gasteiger partial charge in [-0.25, -0.2) is 0 Å². The predicted molar refractivity (Wildman–Crippen MR) is 155 cm³/mol. The lowest BCUT2D eigenvalue weighted by molar-refractivity contribution is -0.320. The zero-order valence-electron chi connectivity index (χ0n) is 22.8. The first-order valence-electron chi connectivity index (χ1n) is 14.0. The molecule has 0 spiro atoms. The normalized spacial score (nSPS) is 23.1. The Morgan fingerprint density at radius 1 is 0.564 bits per heavy atom. The summed E-state index contributed by atoms with van der Waals surface area (Å²) in [6.45, 7) is 3.95. The maximum atomic E-state index is 6.61. The topological polar surface area (TPSA) is 46.2 Å². The van der Waals surface area contributed by atoms with Gasteiger partial charge in [-0.15, -0.1) is 11.6 Å². The molecule has 4 rings (SSSR count). The Bertz CT molecular complexity index is 1040. The summed E-state index contributed by atoms with van der Waals surface area (Å²) in [7, 11) is 0. The molecule has 39 heavy (non-hydrogen) atoms. The minimum atomic E-state index is -0.561. The number of rotatable bonds is 16. The van der Waals surface area contributed by atoms with E-state index in [9.17, 15) is 0 Å². The van der Waals surface area contributed by atoms with Gasteiger partial charge in [-0.05, 0) is 36.5 Å². The fourth-order valence-corrected chi connectivity index (χ4v) is 4.94. The van der Waals surface area contributed by atoms with Gasteiger partial charge >= 0.3 is 0 Å². The molecular weight excluding hydrogens is 512 g/mol. The molecule has 1 fully saturated rings. The summed E-state index contributed by atoms with van der Waals surface area (Å²) in [5, 5.41) is 0. The predicted octanol–water partition coefficient (Wildman–Crippen LogP) is 7.30. The van der Waals surface area contributed by atoms with Gasteiger partial charge in [-0.2, -0.15) is 0 Å². The Balaban J connectivity index is 1.51. The lowest BCUT2D eigenvalue weighted by Gasteiger charge is -2.45. The van der Waals surface area contributed by atoms with Crippen molar-refractivity contribution >= 4 is 11.6 Å². The first-order chi connectivity index (χ1) is 19.2. The highest BCUT2D eigenvalue weighted by Crippen LogP contribution is 2.31. The first-order valence-corrected chi connectivity index (χ1v) is 14.6. The zero-order chi connectivity index (χ0) is 27.1. The van der Waals surface area contributed by atoms with E-state index < -0.39 is 12.4 Å². The largest absolute Gasteiger partial charge is 0.368 e. The highest BCUT2D eigenvalue weighted by Gasteiger charge is 2.47. The third kappa shape index (κ3) is 9.71. The number of ether oxygens (including phenoxy) is 5. The number of benzene rings is 3. The van der Waals surface area contributed by atoms with Crippen LogP contribution < -0.4 is 0 Å². The van der Waals surface area contributed by atoms with Crippen LogP contribution in [0.15, 0.2) is 91.0 Å². The highest BCUT2D eigenvalue weighted by molar-refractivity contribution is 6.17. The van der Waals surface area contributed by atoms with Crippen molar-refractivity contribution in [3.63, 3.8) is 0 Å². The summed E-state index contributed by atoms with van der Waals surface area (Å²) < 4.78 is 32.4. The Kier molecular flexibility index (Phi) is 12.8. The summed E-state index contributed by atoms with van der Waals surface area (Å²) >= 11 is 5.83. The van der Waals surface area contributed by atoms with Gasteiger partial charge in [0.25, 0.3) is 0 Å². The van der Waals surface area contributed by atoms with E-state index in [1.54, 1.807) is 0 Å². The van der Waals surface area contributed by atoms with Crippen molar-refractivity contribution in [3.05, 3.63) is 108 Å². The molecule has 0 aromatic heterocycles. The molecule has 0 aliphatic carbocycles. The van der Waals surface area contributed by atoms with Gasteiger partial charge in [0.15, 0.2) is 6.29 Å². The third-order valence-electron chi connectivity index (χ3n) is 6.89. The summed E-state index contributed by atoms with van der Waals surface area (Å²) in [6.07, 6.45) is 2.15. The molecule has 3 aromatic carbocycles. The van der Waals surface area contributed by atoms with E-state index in [2.05, 4.69) is 36.4 Å². The van der Waals surface area contributed by atoms with Crippen LogP contribution >= 0.6 is 11.6 Å². The SMILES string of the molecule is C[C@@H]1O[C@H](OCCCCCCCl)[C@@H](OCc2ccccc2)[C@H](OCc2ccccc2)[C@@H]1OCc1ccccc1. The van der Waals surface area contributed by atoms with Crippen LogP contribution in [0.1, 0.15) is 49.3 Å². The van der Waals surface area contributed by atoms with Gasteiger partial charge < -0.3 is 23.7 Å². The van der Waals surface area contributed by atoms with Crippen LogP contribution in [0, 0.1) is 0 Å². The molecule has 5 nitrogen and oxygen atoms in total. The summed E-state index contributed by atoms with van der Waals surface area (Å²) in [5.74, 6) is 0.699. The van der Waals surface area contributed by atoms with E-state index in [1.165, 1.54) is 0 Å². The first kappa shape index (κ1) is 29.7. The van der Waals surface area contributed by atoms with E-state index in [0.29, 0.717) is 32.3 Å². The quantitative estimate of drug-likeness (QED) is 0.138. The number of hydrogen-bond donors (Lipinski definition) is 0. The molecule has 6 heteroatoms. The van der Waals surface area contributed by atoms with Crippen molar-refractivity contribution in [1.29, 1.82) is 0 Å². The molecule has 0 bridgehead atoms. The molecule has 5 atom stereocenters. The van der Waals surface area contributed by atoms with Crippen molar-refractivity contribution in [1.82, 2.24) is 0 Å². The lowest BCUT2D eigenvalue weighted by atomic mass is 9.98. The monoisotopic (exact) mass is 552 g/mol. The van der Waals surface area contributed by atoms with Gasteiger partial charge in [-0.3, -0.25) is 0 Å². The second-order valence-electron chi connectivity index (χ2n) is 9.97. The average molecular weight is 553 g/mol. The average Bonchev–Trinajstić information content (AvgIpc) is 2.98. The van der Waals surface area contributed by atoms with E-state index in [4.69, 9.17) is 35.3 Å². The van der Waals surface area contributed by atoms with Crippen molar-refractivity contribution in [2.75, 3.05) is 12.5 Å². The van der Waals surface area contributed by atoms with Crippen LogP contribution in [0.5, 0.6) is 0 Å². The minimum absolute atomic E-state index is 0.243. The fraction of sp³-hybridized carbons (Fsp3) is 0.455. The minimum Gasteiger partial charge on any atom is -0.368 e.